The van der Waals surface area contributed by atoms with Crippen molar-refractivity contribution in [2.24, 2.45) is 0 Å². The summed E-state index contributed by atoms with van der Waals surface area (Å²) in [5.41, 5.74) is 6.74. The molecule has 5 nitrogen and oxygen atoms in total. The second kappa shape index (κ2) is 7.71. The van der Waals surface area contributed by atoms with Crippen LogP contribution in [0.2, 0.25) is 0 Å². The molecule has 2 aromatic carbocycles. The zero-order valence-corrected chi connectivity index (χ0v) is 15.9. The smallest absolute Gasteiger partial charge is 0.250 e. The normalized spacial score (nSPS) is 11.0. The van der Waals surface area contributed by atoms with Crippen LogP contribution in [0.4, 0.5) is 5.82 Å². The minimum atomic E-state index is 0.137. The summed E-state index contributed by atoms with van der Waals surface area (Å²) < 4.78 is 2.11. The Labute approximate surface area is 163 Å². The van der Waals surface area contributed by atoms with Gasteiger partial charge in [0, 0.05) is 25.0 Å². The van der Waals surface area contributed by atoms with Crippen LogP contribution in [0.1, 0.15) is 28.7 Å². The number of para-hydroxylation sites is 2. The number of rotatable bonds is 6. The number of benzene rings is 2. The maximum atomic E-state index is 9.90. The number of hydrogen-bond donors (Lipinski definition) is 3. The predicted octanol–water partition coefficient (Wildman–Crippen LogP) is 3.47. The highest BCUT2D eigenvalue weighted by atomic mass is 16.3. The Morgan fingerprint density at radius 3 is 2.61 bits per heavy atom. The number of hydrogen-bond acceptors (Lipinski definition) is 3. The Hall–Kier alpha value is -3.36. The van der Waals surface area contributed by atoms with Crippen molar-refractivity contribution in [1.29, 1.82) is 5.26 Å². The van der Waals surface area contributed by atoms with Gasteiger partial charge < -0.3 is 10.4 Å². The lowest BCUT2D eigenvalue weighted by Crippen LogP contribution is -2.30. The fourth-order valence-electron chi connectivity index (χ4n) is 3.75. The SMILES string of the molecule is Cc1c(Cc2ccccc2)c(NCCCO)[n+]2c([nH]c3ccccc32)c1C#N. The number of imidazole rings is 1. The Kier molecular flexibility index (Phi) is 4.96. The fourth-order valence-corrected chi connectivity index (χ4v) is 3.75. The van der Waals surface area contributed by atoms with Crippen LogP contribution >= 0.6 is 0 Å². The molecule has 2 heterocycles. The molecule has 2 aromatic heterocycles. The van der Waals surface area contributed by atoms with E-state index in [2.05, 4.69) is 39.0 Å². The summed E-state index contributed by atoms with van der Waals surface area (Å²) in [5, 5.41) is 22.7. The number of nitrogens with one attached hydrogen (secondary N) is 2. The first-order valence-corrected chi connectivity index (χ1v) is 9.51. The molecular formula is C23H23N4O+. The molecule has 3 N–H and O–H groups in total. The first-order chi connectivity index (χ1) is 13.7. The first-order valence-electron chi connectivity index (χ1n) is 9.51. The lowest BCUT2D eigenvalue weighted by molar-refractivity contribution is -0.465. The van der Waals surface area contributed by atoms with Gasteiger partial charge in [-0.1, -0.05) is 42.5 Å². The molecule has 5 heteroatoms. The predicted molar refractivity (Wildman–Crippen MR) is 110 cm³/mol. The molecule has 140 valence electrons. The van der Waals surface area contributed by atoms with E-state index >= 15 is 0 Å². The monoisotopic (exact) mass is 371 g/mol. The van der Waals surface area contributed by atoms with Crippen molar-refractivity contribution in [3.05, 3.63) is 76.9 Å². The lowest BCUT2D eigenvalue weighted by atomic mass is 9.97. The van der Waals surface area contributed by atoms with Gasteiger partial charge in [-0.05, 0) is 30.2 Å². The number of aromatic nitrogens is 2. The van der Waals surface area contributed by atoms with Gasteiger partial charge in [0.2, 0.25) is 11.5 Å². The average Bonchev–Trinajstić information content (AvgIpc) is 3.10. The zero-order valence-electron chi connectivity index (χ0n) is 15.9. The van der Waals surface area contributed by atoms with E-state index in [0.717, 1.165) is 40.0 Å². The van der Waals surface area contributed by atoms with Crippen molar-refractivity contribution in [1.82, 2.24) is 4.98 Å². The number of aliphatic hydroxyl groups is 1. The van der Waals surface area contributed by atoms with E-state index in [0.29, 0.717) is 18.5 Å². The largest absolute Gasteiger partial charge is 0.396 e. The average molecular weight is 371 g/mol. The Morgan fingerprint density at radius 1 is 1.11 bits per heavy atom. The summed E-state index contributed by atoms with van der Waals surface area (Å²) in [5.74, 6) is 0.973. The highest BCUT2D eigenvalue weighted by Gasteiger charge is 2.25. The lowest BCUT2D eigenvalue weighted by Gasteiger charge is -2.14. The molecule has 0 bridgehead atoms. The van der Waals surface area contributed by atoms with Crippen molar-refractivity contribution in [3.8, 4) is 6.07 Å². The fraction of sp³-hybridized carbons (Fsp3) is 0.217. The number of nitrogens with zero attached hydrogens (tertiary/aromatic N) is 2. The highest BCUT2D eigenvalue weighted by molar-refractivity contribution is 5.78. The minimum Gasteiger partial charge on any atom is -0.396 e. The number of aromatic amines is 1. The van der Waals surface area contributed by atoms with Crippen LogP contribution in [0, 0.1) is 18.3 Å². The number of nitriles is 1. The summed E-state index contributed by atoms with van der Waals surface area (Å²) in [4.78, 5) is 3.41. The summed E-state index contributed by atoms with van der Waals surface area (Å²) in [6.45, 7) is 2.81. The molecule has 0 unspecified atom stereocenters. The van der Waals surface area contributed by atoms with E-state index in [9.17, 15) is 10.4 Å². The summed E-state index contributed by atoms with van der Waals surface area (Å²) in [7, 11) is 0. The van der Waals surface area contributed by atoms with E-state index in [1.54, 1.807) is 0 Å². The van der Waals surface area contributed by atoms with Crippen LogP contribution in [-0.4, -0.2) is 23.2 Å². The highest BCUT2D eigenvalue weighted by Crippen LogP contribution is 2.27. The molecule has 0 saturated carbocycles. The third-order valence-electron chi connectivity index (χ3n) is 5.16. The molecule has 0 fully saturated rings. The second-order valence-electron chi connectivity index (χ2n) is 6.93. The van der Waals surface area contributed by atoms with E-state index in [1.807, 2.05) is 43.3 Å². The molecule has 28 heavy (non-hydrogen) atoms. The number of aliphatic hydroxyl groups excluding tert-OH is 1. The third-order valence-corrected chi connectivity index (χ3v) is 5.16. The molecule has 0 atom stereocenters. The summed E-state index contributed by atoms with van der Waals surface area (Å²) in [6.07, 6.45) is 1.39. The van der Waals surface area contributed by atoms with Crippen LogP contribution in [0.25, 0.3) is 16.7 Å². The van der Waals surface area contributed by atoms with Crippen molar-refractivity contribution in [2.45, 2.75) is 19.8 Å². The van der Waals surface area contributed by atoms with Crippen LogP contribution in [-0.2, 0) is 6.42 Å². The number of anilines is 1. The minimum absolute atomic E-state index is 0.137. The maximum absolute atomic E-state index is 9.90. The third kappa shape index (κ3) is 3.08. The van der Waals surface area contributed by atoms with Gasteiger partial charge in [0.25, 0.3) is 0 Å². The molecular weight excluding hydrogens is 348 g/mol. The molecule has 0 radical (unpaired) electrons. The van der Waals surface area contributed by atoms with E-state index in [-0.39, 0.29) is 6.61 Å². The molecule has 4 rings (SSSR count). The van der Waals surface area contributed by atoms with E-state index < -0.39 is 0 Å². The second-order valence-corrected chi connectivity index (χ2v) is 6.93. The van der Waals surface area contributed by atoms with Gasteiger partial charge in [0.1, 0.15) is 22.7 Å². The van der Waals surface area contributed by atoms with Gasteiger partial charge in [0.05, 0.1) is 6.54 Å². The summed E-state index contributed by atoms with van der Waals surface area (Å²) in [6, 6.07) is 20.8. The van der Waals surface area contributed by atoms with Crippen molar-refractivity contribution < 1.29 is 9.51 Å². The number of pyridine rings is 1. The standard InChI is InChI=1S/C23H22N4O/c1-16-18(14-17-8-3-2-4-9-17)22(25-12-7-13-28)27-21-11-6-5-10-20(21)26-23(27)19(16)15-24/h2-6,8-11,28H,7,12-14H2,1H3,(H,25,26)/p+1. The molecule has 4 aromatic rings. The van der Waals surface area contributed by atoms with Crippen LogP contribution in [0.5, 0.6) is 0 Å². The van der Waals surface area contributed by atoms with E-state index in [4.69, 9.17) is 0 Å². The van der Waals surface area contributed by atoms with Gasteiger partial charge in [-0.3, -0.25) is 4.98 Å². The first kappa shape index (κ1) is 18.0. The van der Waals surface area contributed by atoms with Gasteiger partial charge >= 0.3 is 0 Å². The molecule has 0 aliphatic rings. The molecule has 0 aliphatic heterocycles. The van der Waals surface area contributed by atoms with Gasteiger partial charge in [-0.15, -0.1) is 0 Å². The van der Waals surface area contributed by atoms with Crippen molar-refractivity contribution in [3.63, 3.8) is 0 Å². The van der Waals surface area contributed by atoms with Crippen LogP contribution in [0.15, 0.2) is 54.6 Å². The van der Waals surface area contributed by atoms with Crippen molar-refractivity contribution in [2.75, 3.05) is 18.5 Å². The molecule has 0 spiro atoms. The summed E-state index contributed by atoms with van der Waals surface area (Å²) >= 11 is 0. The molecule has 0 saturated heterocycles. The Balaban J connectivity index is 2.02. The topological polar surface area (TPSA) is 75.9 Å². The van der Waals surface area contributed by atoms with Crippen LogP contribution < -0.4 is 9.72 Å². The van der Waals surface area contributed by atoms with Gasteiger partial charge in [-0.2, -0.15) is 9.66 Å². The van der Waals surface area contributed by atoms with Crippen LogP contribution in [0.3, 0.4) is 0 Å². The van der Waals surface area contributed by atoms with E-state index in [1.165, 1.54) is 5.56 Å². The van der Waals surface area contributed by atoms with Gasteiger partial charge in [-0.25, -0.2) is 0 Å². The molecule has 0 amide bonds. The molecule has 0 aliphatic carbocycles. The number of H-pyrrole nitrogens is 1. The van der Waals surface area contributed by atoms with Gasteiger partial charge in [0.15, 0.2) is 0 Å². The van der Waals surface area contributed by atoms with Crippen molar-refractivity contribution >= 4 is 22.5 Å². The Morgan fingerprint density at radius 2 is 1.86 bits per heavy atom. The quantitative estimate of drug-likeness (QED) is 0.359. The zero-order chi connectivity index (χ0) is 19.5. The Bertz CT molecular complexity index is 1170. The number of fused-ring (bicyclic) bond motifs is 3. The maximum Gasteiger partial charge on any atom is 0.250 e.